The van der Waals surface area contributed by atoms with Crippen LogP contribution in [0, 0.1) is 22.7 Å². The predicted octanol–water partition coefficient (Wildman–Crippen LogP) is 3.98. The fourth-order valence-electron chi connectivity index (χ4n) is 1.82. The van der Waals surface area contributed by atoms with Crippen molar-refractivity contribution in [3.05, 3.63) is 54.1 Å². The van der Waals surface area contributed by atoms with Gasteiger partial charge in [0.25, 0.3) is 5.91 Å². The summed E-state index contributed by atoms with van der Waals surface area (Å²) in [4.78, 5) is 23.3. The maximum Gasteiger partial charge on any atom is 0.274 e. The van der Waals surface area contributed by atoms with Gasteiger partial charge in [0.15, 0.2) is 5.17 Å². The van der Waals surface area contributed by atoms with Crippen molar-refractivity contribution in [1.29, 1.82) is 10.5 Å². The number of amidine groups is 1. The Morgan fingerprint density at radius 3 is 2.40 bits per heavy atom. The second-order valence-electron chi connectivity index (χ2n) is 5.31. The molecule has 0 saturated carbocycles. The number of aliphatic imine (C=N–C) groups is 1. The fourth-order valence-corrected chi connectivity index (χ4v) is 2.59. The van der Waals surface area contributed by atoms with E-state index in [2.05, 4.69) is 26.3 Å². The van der Waals surface area contributed by atoms with Gasteiger partial charge < -0.3 is 11.1 Å². The minimum Gasteiger partial charge on any atom is -0.379 e. The highest BCUT2D eigenvalue weighted by molar-refractivity contribution is 8.14. The second kappa shape index (κ2) is 16.5. The van der Waals surface area contributed by atoms with Crippen LogP contribution in [0.3, 0.4) is 0 Å². The SMILES string of the molecule is CC.CC[C@@H](CC#N)SC(N)=NC.N#Cc1ccc(C(=O)Nc2ccncc2)nc1. The number of nitrogens with two attached hydrogens (primary N) is 1. The van der Waals surface area contributed by atoms with Crippen LogP contribution in [0.25, 0.3) is 0 Å². The van der Waals surface area contributed by atoms with Crippen molar-refractivity contribution in [2.45, 2.75) is 38.9 Å². The van der Waals surface area contributed by atoms with Crippen molar-refractivity contribution in [1.82, 2.24) is 9.97 Å². The Kier molecular flexibility index (Phi) is 14.6. The Hall–Kier alpha value is -3.43. The maximum atomic E-state index is 11.7. The molecule has 2 aromatic heterocycles. The van der Waals surface area contributed by atoms with E-state index in [4.69, 9.17) is 16.3 Å². The molecule has 0 fully saturated rings. The minimum absolute atomic E-state index is 0.265. The van der Waals surface area contributed by atoms with Crippen molar-refractivity contribution in [3.63, 3.8) is 0 Å². The molecule has 0 aliphatic rings. The number of thioether (sulfide) groups is 1. The van der Waals surface area contributed by atoms with Crippen LogP contribution in [0.2, 0.25) is 0 Å². The molecule has 0 radical (unpaired) electrons. The average Bonchev–Trinajstić information content (AvgIpc) is 2.81. The lowest BCUT2D eigenvalue weighted by atomic mass is 10.2. The topological polar surface area (TPSA) is 141 Å². The normalized spacial score (nSPS) is 10.7. The van der Waals surface area contributed by atoms with Crippen LogP contribution in [0.4, 0.5) is 5.69 Å². The summed E-state index contributed by atoms with van der Waals surface area (Å²) in [5.74, 6) is -0.319. The Morgan fingerprint density at radius 2 is 1.93 bits per heavy atom. The number of carbonyl (C=O) groups excluding carboxylic acids is 1. The van der Waals surface area contributed by atoms with E-state index in [1.165, 1.54) is 24.0 Å². The Morgan fingerprint density at radius 1 is 1.27 bits per heavy atom. The van der Waals surface area contributed by atoms with Gasteiger partial charge in [-0.3, -0.25) is 14.8 Å². The van der Waals surface area contributed by atoms with Crippen molar-refractivity contribution in [2.75, 3.05) is 12.4 Å². The minimum atomic E-state index is -0.319. The molecule has 0 spiro atoms. The molecular weight excluding hydrogens is 398 g/mol. The van der Waals surface area contributed by atoms with Crippen molar-refractivity contribution < 1.29 is 4.79 Å². The lowest BCUT2D eigenvalue weighted by Crippen LogP contribution is -2.13. The van der Waals surface area contributed by atoms with E-state index in [9.17, 15) is 4.79 Å². The van der Waals surface area contributed by atoms with Gasteiger partial charge in [0.2, 0.25) is 0 Å². The van der Waals surface area contributed by atoms with E-state index >= 15 is 0 Å². The van der Waals surface area contributed by atoms with Crippen molar-refractivity contribution in [3.8, 4) is 12.1 Å². The molecule has 2 rings (SSSR count). The highest BCUT2D eigenvalue weighted by Gasteiger charge is 2.08. The Labute approximate surface area is 182 Å². The van der Waals surface area contributed by atoms with E-state index in [0.29, 0.717) is 28.1 Å². The van der Waals surface area contributed by atoms with Gasteiger partial charge in [-0.1, -0.05) is 32.5 Å². The van der Waals surface area contributed by atoms with Crippen molar-refractivity contribution >= 4 is 28.5 Å². The molecule has 0 saturated heterocycles. The zero-order chi connectivity index (χ0) is 22.8. The first kappa shape index (κ1) is 26.6. The van der Waals surface area contributed by atoms with E-state index < -0.39 is 0 Å². The molecule has 0 bridgehead atoms. The molecule has 1 atom stereocenters. The first-order chi connectivity index (χ1) is 14.5. The molecule has 0 aromatic carbocycles. The lowest BCUT2D eigenvalue weighted by molar-refractivity contribution is 0.102. The van der Waals surface area contributed by atoms with E-state index in [0.717, 1.165) is 6.42 Å². The van der Waals surface area contributed by atoms with Crippen molar-refractivity contribution in [2.24, 2.45) is 10.7 Å². The molecule has 158 valence electrons. The molecule has 1 amide bonds. The number of hydrogen-bond acceptors (Lipinski definition) is 7. The largest absolute Gasteiger partial charge is 0.379 e. The molecule has 30 heavy (non-hydrogen) atoms. The second-order valence-corrected chi connectivity index (χ2v) is 6.63. The number of rotatable bonds is 5. The third-order valence-electron chi connectivity index (χ3n) is 3.35. The zero-order valence-electron chi connectivity index (χ0n) is 17.7. The fraction of sp³-hybridized carbons (Fsp3) is 0.333. The van der Waals surface area contributed by atoms with Crippen LogP contribution in [0.1, 0.15) is 49.7 Å². The molecule has 2 heterocycles. The van der Waals surface area contributed by atoms with Gasteiger partial charge in [0.1, 0.15) is 11.8 Å². The summed E-state index contributed by atoms with van der Waals surface area (Å²) in [6.07, 6.45) is 6.02. The van der Waals surface area contributed by atoms with Crippen LogP contribution in [0.5, 0.6) is 0 Å². The van der Waals surface area contributed by atoms with Crippen LogP contribution < -0.4 is 11.1 Å². The molecule has 2 aromatic rings. The third kappa shape index (κ3) is 10.8. The van der Waals surface area contributed by atoms with Crippen LogP contribution in [0.15, 0.2) is 47.8 Å². The van der Waals surface area contributed by atoms with E-state index in [1.54, 1.807) is 37.6 Å². The molecular formula is C21H27N7OS. The number of carbonyl (C=O) groups is 1. The number of hydrogen-bond donors (Lipinski definition) is 2. The highest BCUT2D eigenvalue weighted by atomic mass is 32.2. The van der Waals surface area contributed by atoms with Gasteiger partial charge in [0.05, 0.1) is 11.6 Å². The van der Waals surface area contributed by atoms with Gasteiger partial charge in [-0.05, 0) is 30.7 Å². The summed E-state index contributed by atoms with van der Waals surface area (Å²) in [6.45, 7) is 6.04. The van der Waals surface area contributed by atoms with Gasteiger partial charge in [-0.15, -0.1) is 0 Å². The number of nitrogens with one attached hydrogen (secondary N) is 1. The van der Waals surface area contributed by atoms with Gasteiger partial charge in [0, 0.05) is 43.0 Å². The zero-order valence-corrected chi connectivity index (χ0v) is 18.5. The summed E-state index contributed by atoms with van der Waals surface area (Å²) in [5.41, 5.74) is 6.82. The Balaban J connectivity index is 0.000000565. The van der Waals surface area contributed by atoms with Crippen LogP contribution in [-0.4, -0.2) is 33.3 Å². The third-order valence-corrected chi connectivity index (χ3v) is 4.60. The molecule has 0 unspecified atom stereocenters. The van der Waals surface area contributed by atoms with Crippen LogP contribution in [-0.2, 0) is 0 Å². The van der Waals surface area contributed by atoms with Gasteiger partial charge in [-0.25, -0.2) is 4.98 Å². The molecule has 9 heteroatoms. The molecule has 0 aliphatic heterocycles. The van der Waals surface area contributed by atoms with E-state index in [1.807, 2.05) is 26.8 Å². The predicted molar refractivity (Wildman–Crippen MR) is 122 cm³/mol. The van der Waals surface area contributed by atoms with Gasteiger partial charge >= 0.3 is 0 Å². The number of pyridine rings is 2. The number of aromatic nitrogens is 2. The van der Waals surface area contributed by atoms with Crippen LogP contribution >= 0.6 is 11.8 Å². The maximum absolute atomic E-state index is 11.7. The molecule has 8 nitrogen and oxygen atoms in total. The number of anilines is 1. The smallest absolute Gasteiger partial charge is 0.274 e. The first-order valence-corrected chi connectivity index (χ1v) is 10.2. The van der Waals surface area contributed by atoms with E-state index in [-0.39, 0.29) is 11.6 Å². The number of nitrogens with zero attached hydrogens (tertiary/aromatic N) is 5. The van der Waals surface area contributed by atoms with Gasteiger partial charge in [-0.2, -0.15) is 10.5 Å². The molecule has 0 aliphatic carbocycles. The highest BCUT2D eigenvalue weighted by Crippen LogP contribution is 2.16. The average molecular weight is 426 g/mol. The summed E-state index contributed by atoms with van der Waals surface area (Å²) in [6, 6.07) is 10.5. The first-order valence-electron chi connectivity index (χ1n) is 9.37. The monoisotopic (exact) mass is 425 g/mol. The number of amides is 1. The summed E-state index contributed by atoms with van der Waals surface area (Å²) < 4.78 is 0. The summed E-state index contributed by atoms with van der Waals surface area (Å²) in [5, 5.41) is 20.5. The number of nitriles is 2. The summed E-state index contributed by atoms with van der Waals surface area (Å²) >= 11 is 1.47. The standard InChI is InChI=1S/C12H8N4O.C7H13N3S.C2H6/c13-7-9-1-2-11(15-8-9)12(17)16-10-3-5-14-6-4-10;1-3-6(4-5-8)11-7(9)10-2;1-2/h1-6,8H,(H,14,16,17);6H,3-4H2,1-2H3,(H2,9,10);1-2H3/t;6-;/m.0./s1. The molecule has 3 N–H and O–H groups in total. The summed E-state index contributed by atoms with van der Waals surface area (Å²) in [7, 11) is 1.65. The lowest BCUT2D eigenvalue weighted by Gasteiger charge is -2.08. The Bertz CT molecular complexity index is 856. The quantitative estimate of drug-likeness (QED) is 0.545.